The fourth-order valence-electron chi connectivity index (χ4n) is 0.654. The Labute approximate surface area is 77.1 Å². The standard InChI is InChI=1S/C8H15NO4/c1-3-4-13-5-7(10)9-6(2)8(11)12/h6H,3-5H2,1-2H3,(H,9,10)(H,11,12). The van der Waals surface area contributed by atoms with Gasteiger partial charge in [0.15, 0.2) is 0 Å². The molecule has 5 nitrogen and oxygen atoms in total. The number of hydrogen-bond donors (Lipinski definition) is 2. The Balaban J connectivity index is 3.56. The predicted molar refractivity (Wildman–Crippen MR) is 46.4 cm³/mol. The maximum absolute atomic E-state index is 10.9. The summed E-state index contributed by atoms with van der Waals surface area (Å²) in [6, 6.07) is -0.863. The number of carbonyl (C=O) groups excluding carboxylic acids is 1. The second-order valence-corrected chi connectivity index (χ2v) is 2.68. The van der Waals surface area contributed by atoms with E-state index in [0.717, 1.165) is 6.42 Å². The molecule has 0 rings (SSSR count). The molecule has 1 unspecified atom stereocenters. The third-order valence-corrected chi connectivity index (χ3v) is 1.33. The van der Waals surface area contributed by atoms with E-state index in [1.807, 2.05) is 6.92 Å². The van der Waals surface area contributed by atoms with Crippen LogP contribution in [0.1, 0.15) is 20.3 Å². The summed E-state index contributed by atoms with van der Waals surface area (Å²) < 4.78 is 4.92. The molecular weight excluding hydrogens is 174 g/mol. The number of ether oxygens (including phenoxy) is 1. The van der Waals surface area contributed by atoms with Gasteiger partial charge in [0.25, 0.3) is 0 Å². The van der Waals surface area contributed by atoms with Gasteiger partial charge in [0.05, 0.1) is 0 Å². The molecule has 0 aromatic heterocycles. The lowest BCUT2D eigenvalue weighted by Gasteiger charge is -2.08. The Kier molecular flexibility index (Phi) is 5.88. The van der Waals surface area contributed by atoms with Crippen LogP contribution < -0.4 is 5.32 Å². The highest BCUT2D eigenvalue weighted by molar-refractivity contribution is 5.83. The van der Waals surface area contributed by atoms with Gasteiger partial charge < -0.3 is 15.2 Å². The smallest absolute Gasteiger partial charge is 0.325 e. The molecular formula is C8H15NO4. The van der Waals surface area contributed by atoms with Gasteiger partial charge in [-0.2, -0.15) is 0 Å². The maximum atomic E-state index is 10.9. The first-order valence-electron chi connectivity index (χ1n) is 4.17. The molecule has 0 aromatic rings. The second kappa shape index (κ2) is 6.42. The van der Waals surface area contributed by atoms with Crippen molar-refractivity contribution in [1.29, 1.82) is 0 Å². The van der Waals surface area contributed by atoms with Crippen molar-refractivity contribution in [2.75, 3.05) is 13.2 Å². The molecule has 0 bridgehead atoms. The van der Waals surface area contributed by atoms with Crippen LogP contribution in [0.15, 0.2) is 0 Å². The molecule has 0 aliphatic carbocycles. The van der Waals surface area contributed by atoms with Crippen LogP contribution >= 0.6 is 0 Å². The van der Waals surface area contributed by atoms with E-state index in [9.17, 15) is 9.59 Å². The molecule has 0 aromatic carbocycles. The number of amides is 1. The van der Waals surface area contributed by atoms with Crippen LogP contribution in [0.5, 0.6) is 0 Å². The van der Waals surface area contributed by atoms with Gasteiger partial charge in [-0.25, -0.2) is 0 Å². The van der Waals surface area contributed by atoms with E-state index >= 15 is 0 Å². The van der Waals surface area contributed by atoms with Gasteiger partial charge in [0.1, 0.15) is 12.6 Å². The molecule has 1 amide bonds. The van der Waals surface area contributed by atoms with Gasteiger partial charge in [0.2, 0.25) is 5.91 Å². The lowest BCUT2D eigenvalue weighted by atomic mass is 10.3. The number of aliphatic carboxylic acids is 1. The van der Waals surface area contributed by atoms with Crippen molar-refractivity contribution >= 4 is 11.9 Å². The van der Waals surface area contributed by atoms with Crippen molar-refractivity contribution in [3.63, 3.8) is 0 Å². The highest BCUT2D eigenvalue weighted by atomic mass is 16.5. The fourth-order valence-corrected chi connectivity index (χ4v) is 0.654. The zero-order valence-electron chi connectivity index (χ0n) is 7.87. The van der Waals surface area contributed by atoms with E-state index in [-0.39, 0.29) is 6.61 Å². The molecule has 0 saturated carbocycles. The van der Waals surface area contributed by atoms with Crippen LogP contribution in [0.3, 0.4) is 0 Å². The summed E-state index contributed by atoms with van der Waals surface area (Å²) in [6.45, 7) is 3.76. The van der Waals surface area contributed by atoms with Gasteiger partial charge in [-0.3, -0.25) is 9.59 Å². The van der Waals surface area contributed by atoms with Gasteiger partial charge in [-0.1, -0.05) is 6.92 Å². The van der Waals surface area contributed by atoms with Crippen LogP contribution in [-0.2, 0) is 14.3 Å². The summed E-state index contributed by atoms with van der Waals surface area (Å²) in [7, 11) is 0. The molecule has 13 heavy (non-hydrogen) atoms. The third kappa shape index (κ3) is 6.10. The average Bonchev–Trinajstić information content (AvgIpc) is 2.04. The van der Waals surface area contributed by atoms with Gasteiger partial charge >= 0.3 is 5.97 Å². The highest BCUT2D eigenvalue weighted by Gasteiger charge is 2.13. The van der Waals surface area contributed by atoms with Crippen LogP contribution in [-0.4, -0.2) is 36.2 Å². The number of nitrogens with one attached hydrogen (secondary N) is 1. The van der Waals surface area contributed by atoms with Crippen molar-refractivity contribution in [3.8, 4) is 0 Å². The van der Waals surface area contributed by atoms with E-state index in [0.29, 0.717) is 6.61 Å². The molecule has 1 atom stereocenters. The van der Waals surface area contributed by atoms with Gasteiger partial charge in [-0.15, -0.1) is 0 Å². The number of carbonyl (C=O) groups is 2. The Morgan fingerprint density at radius 1 is 1.54 bits per heavy atom. The van der Waals surface area contributed by atoms with Crippen LogP contribution in [0.4, 0.5) is 0 Å². The molecule has 5 heteroatoms. The predicted octanol–water partition coefficient (Wildman–Crippen LogP) is 0.00230. The third-order valence-electron chi connectivity index (χ3n) is 1.33. The zero-order chi connectivity index (χ0) is 10.3. The fraction of sp³-hybridized carbons (Fsp3) is 0.750. The van der Waals surface area contributed by atoms with E-state index in [4.69, 9.17) is 9.84 Å². The molecule has 0 saturated heterocycles. The molecule has 0 spiro atoms. The largest absolute Gasteiger partial charge is 0.480 e. The maximum Gasteiger partial charge on any atom is 0.325 e. The number of rotatable bonds is 6. The van der Waals surface area contributed by atoms with Crippen LogP contribution in [0.25, 0.3) is 0 Å². The van der Waals surface area contributed by atoms with Crippen LogP contribution in [0.2, 0.25) is 0 Å². The van der Waals surface area contributed by atoms with E-state index in [2.05, 4.69) is 5.32 Å². The quantitative estimate of drug-likeness (QED) is 0.577. The molecule has 0 aliphatic heterocycles. The second-order valence-electron chi connectivity index (χ2n) is 2.68. The zero-order valence-corrected chi connectivity index (χ0v) is 7.87. The number of carboxylic acid groups (broad SMARTS) is 1. The number of hydrogen-bond acceptors (Lipinski definition) is 3. The summed E-state index contributed by atoms with van der Waals surface area (Å²) in [4.78, 5) is 21.2. The first-order chi connectivity index (χ1) is 6.07. The minimum Gasteiger partial charge on any atom is -0.480 e. The van der Waals surface area contributed by atoms with Crippen LogP contribution in [0, 0.1) is 0 Å². The van der Waals surface area contributed by atoms with Crippen molar-refractivity contribution in [3.05, 3.63) is 0 Å². The van der Waals surface area contributed by atoms with Crippen molar-refractivity contribution in [2.45, 2.75) is 26.3 Å². The molecule has 0 heterocycles. The summed E-state index contributed by atoms with van der Waals surface area (Å²) >= 11 is 0. The van der Waals surface area contributed by atoms with E-state index in [1.54, 1.807) is 0 Å². The molecule has 76 valence electrons. The van der Waals surface area contributed by atoms with Gasteiger partial charge in [0, 0.05) is 6.61 Å². The van der Waals surface area contributed by atoms with E-state index in [1.165, 1.54) is 6.92 Å². The lowest BCUT2D eigenvalue weighted by Crippen LogP contribution is -2.40. The number of carboxylic acids is 1. The normalized spacial score (nSPS) is 12.2. The summed E-state index contributed by atoms with van der Waals surface area (Å²) in [5, 5.41) is 10.7. The van der Waals surface area contributed by atoms with Crippen molar-refractivity contribution < 1.29 is 19.4 Å². The first kappa shape index (κ1) is 11.9. The van der Waals surface area contributed by atoms with Gasteiger partial charge in [-0.05, 0) is 13.3 Å². The Morgan fingerprint density at radius 3 is 2.62 bits per heavy atom. The average molecular weight is 189 g/mol. The molecule has 0 aliphatic rings. The van der Waals surface area contributed by atoms with E-state index < -0.39 is 17.9 Å². The highest BCUT2D eigenvalue weighted by Crippen LogP contribution is 1.84. The Bertz CT molecular complexity index is 181. The summed E-state index contributed by atoms with van der Waals surface area (Å²) in [5.74, 6) is -1.45. The monoisotopic (exact) mass is 189 g/mol. The Morgan fingerprint density at radius 2 is 2.15 bits per heavy atom. The topological polar surface area (TPSA) is 75.6 Å². The Hall–Kier alpha value is -1.10. The summed E-state index contributed by atoms with van der Waals surface area (Å²) in [5.41, 5.74) is 0. The molecule has 0 fully saturated rings. The summed E-state index contributed by atoms with van der Waals surface area (Å²) in [6.07, 6.45) is 0.835. The SMILES string of the molecule is CCCOCC(=O)NC(C)C(=O)O. The van der Waals surface area contributed by atoms with Crippen molar-refractivity contribution in [2.24, 2.45) is 0 Å². The lowest BCUT2D eigenvalue weighted by molar-refractivity contribution is -0.142. The minimum atomic E-state index is -1.05. The molecule has 2 N–H and O–H groups in total. The minimum absolute atomic E-state index is 0.0779. The molecule has 0 radical (unpaired) electrons. The van der Waals surface area contributed by atoms with Crippen molar-refractivity contribution in [1.82, 2.24) is 5.32 Å². The first-order valence-corrected chi connectivity index (χ1v) is 4.17.